The van der Waals surface area contributed by atoms with Crippen LogP contribution in [0.2, 0.25) is 5.15 Å². The molecule has 0 radical (unpaired) electrons. The van der Waals surface area contributed by atoms with Crippen molar-refractivity contribution >= 4 is 17.4 Å². The van der Waals surface area contributed by atoms with E-state index in [4.69, 9.17) is 11.6 Å². The smallest absolute Gasteiger partial charge is 0.147 e. The molecule has 1 aromatic heterocycles. The van der Waals surface area contributed by atoms with E-state index >= 15 is 0 Å². The molecule has 1 aliphatic heterocycles. The molecule has 14 heavy (non-hydrogen) atoms. The highest BCUT2D eigenvalue weighted by molar-refractivity contribution is 6.29. The molecule has 76 valence electrons. The van der Waals surface area contributed by atoms with Gasteiger partial charge in [-0.25, -0.2) is 9.97 Å². The van der Waals surface area contributed by atoms with Crippen molar-refractivity contribution in [3.63, 3.8) is 0 Å². The monoisotopic (exact) mass is 212 g/mol. The van der Waals surface area contributed by atoms with Crippen LogP contribution in [0, 0.1) is 0 Å². The van der Waals surface area contributed by atoms with Gasteiger partial charge in [-0.1, -0.05) is 11.6 Å². The molecule has 0 aliphatic carbocycles. The Bertz CT molecular complexity index is 296. The molecule has 0 spiro atoms. The number of aromatic nitrogens is 2. The summed E-state index contributed by atoms with van der Waals surface area (Å²) in [6.45, 7) is 5.12. The van der Waals surface area contributed by atoms with Crippen LogP contribution in [0.5, 0.6) is 0 Å². The number of hydrogen-bond donors (Lipinski definition) is 1. The number of hydrogen-bond acceptors (Lipinski definition) is 4. The van der Waals surface area contributed by atoms with Gasteiger partial charge in [0.1, 0.15) is 11.0 Å². The summed E-state index contributed by atoms with van der Waals surface area (Å²) >= 11 is 5.68. The summed E-state index contributed by atoms with van der Waals surface area (Å²) in [6.07, 6.45) is 3.32. The molecule has 0 unspecified atom stereocenters. The van der Waals surface area contributed by atoms with Gasteiger partial charge in [0.05, 0.1) is 18.4 Å². The Labute approximate surface area is 88.3 Å². The van der Waals surface area contributed by atoms with E-state index in [1.54, 1.807) is 12.4 Å². The molecular weight excluding hydrogens is 200 g/mol. The van der Waals surface area contributed by atoms with Gasteiger partial charge in [-0.15, -0.1) is 0 Å². The molecule has 1 aromatic rings. The molecular formula is C9H13ClN4. The SMILES string of the molecule is CCN(c1cnc(Cl)cn1)C1CNC1. The van der Waals surface area contributed by atoms with E-state index < -0.39 is 0 Å². The van der Waals surface area contributed by atoms with Crippen molar-refractivity contribution in [3.05, 3.63) is 17.5 Å². The third-order valence-corrected chi connectivity index (χ3v) is 2.64. The molecule has 0 amide bonds. The maximum Gasteiger partial charge on any atom is 0.147 e. The third kappa shape index (κ3) is 1.81. The van der Waals surface area contributed by atoms with Crippen molar-refractivity contribution < 1.29 is 0 Å². The minimum absolute atomic E-state index is 0.441. The highest BCUT2D eigenvalue weighted by Gasteiger charge is 2.24. The van der Waals surface area contributed by atoms with Gasteiger partial charge in [-0.2, -0.15) is 0 Å². The van der Waals surface area contributed by atoms with E-state index in [0.717, 1.165) is 25.5 Å². The van der Waals surface area contributed by atoms with Crippen LogP contribution in [0.1, 0.15) is 6.92 Å². The van der Waals surface area contributed by atoms with Crippen LogP contribution in [-0.2, 0) is 0 Å². The molecule has 0 saturated carbocycles. The average molecular weight is 213 g/mol. The van der Waals surface area contributed by atoms with Gasteiger partial charge in [0, 0.05) is 19.6 Å². The summed E-state index contributed by atoms with van der Waals surface area (Å²) in [5.41, 5.74) is 0. The zero-order valence-corrected chi connectivity index (χ0v) is 8.83. The number of nitrogens with zero attached hydrogens (tertiary/aromatic N) is 3. The largest absolute Gasteiger partial charge is 0.350 e. The van der Waals surface area contributed by atoms with Gasteiger partial charge < -0.3 is 10.2 Å². The van der Waals surface area contributed by atoms with E-state index in [0.29, 0.717) is 11.2 Å². The van der Waals surface area contributed by atoms with Crippen LogP contribution in [0.4, 0.5) is 5.82 Å². The van der Waals surface area contributed by atoms with Crippen molar-refractivity contribution in [1.82, 2.24) is 15.3 Å². The normalized spacial score (nSPS) is 16.4. The first-order chi connectivity index (χ1) is 6.81. The minimum atomic E-state index is 0.441. The summed E-state index contributed by atoms with van der Waals surface area (Å²) in [5.74, 6) is 0.906. The molecule has 1 fully saturated rings. The molecule has 0 atom stereocenters. The lowest BCUT2D eigenvalue weighted by Gasteiger charge is -2.38. The lowest BCUT2D eigenvalue weighted by Crippen LogP contribution is -2.57. The molecule has 2 heterocycles. The minimum Gasteiger partial charge on any atom is -0.350 e. The van der Waals surface area contributed by atoms with Crippen LogP contribution in [0.15, 0.2) is 12.4 Å². The molecule has 0 bridgehead atoms. The summed E-state index contributed by atoms with van der Waals surface area (Å²) in [7, 11) is 0. The van der Waals surface area contributed by atoms with Crippen LogP contribution >= 0.6 is 11.6 Å². The number of rotatable bonds is 3. The fourth-order valence-corrected chi connectivity index (χ4v) is 1.65. The lowest BCUT2D eigenvalue weighted by molar-refractivity contribution is 0.415. The van der Waals surface area contributed by atoms with Crippen LogP contribution < -0.4 is 10.2 Å². The second kappa shape index (κ2) is 4.11. The molecule has 0 aromatic carbocycles. The first-order valence-electron chi connectivity index (χ1n) is 4.76. The topological polar surface area (TPSA) is 41.1 Å². The van der Waals surface area contributed by atoms with Crippen molar-refractivity contribution in [1.29, 1.82) is 0 Å². The molecule has 1 N–H and O–H groups in total. The van der Waals surface area contributed by atoms with Crippen LogP contribution in [0.3, 0.4) is 0 Å². The Morgan fingerprint density at radius 1 is 1.50 bits per heavy atom. The zero-order chi connectivity index (χ0) is 9.97. The quantitative estimate of drug-likeness (QED) is 0.810. The summed E-state index contributed by atoms with van der Waals surface area (Å²) in [6, 6.07) is 0.551. The Morgan fingerprint density at radius 3 is 2.71 bits per heavy atom. The summed E-state index contributed by atoms with van der Waals surface area (Å²) in [4.78, 5) is 10.5. The first kappa shape index (κ1) is 9.68. The highest BCUT2D eigenvalue weighted by Crippen LogP contribution is 2.15. The van der Waals surface area contributed by atoms with Gasteiger partial charge in [-0.3, -0.25) is 0 Å². The first-order valence-corrected chi connectivity index (χ1v) is 5.14. The van der Waals surface area contributed by atoms with Gasteiger partial charge >= 0.3 is 0 Å². The number of nitrogens with one attached hydrogen (secondary N) is 1. The Balaban J connectivity index is 2.14. The van der Waals surface area contributed by atoms with E-state index in [1.165, 1.54) is 0 Å². The highest BCUT2D eigenvalue weighted by atomic mass is 35.5. The van der Waals surface area contributed by atoms with Gasteiger partial charge in [0.25, 0.3) is 0 Å². The number of anilines is 1. The number of likely N-dealkylation sites (N-methyl/N-ethyl adjacent to an activating group) is 1. The summed E-state index contributed by atoms with van der Waals surface area (Å²) < 4.78 is 0. The molecule has 5 heteroatoms. The van der Waals surface area contributed by atoms with Gasteiger partial charge in [-0.05, 0) is 6.92 Å². The average Bonchev–Trinajstić information content (AvgIpc) is 2.13. The Kier molecular flexibility index (Phi) is 2.84. The predicted molar refractivity (Wildman–Crippen MR) is 56.7 cm³/mol. The predicted octanol–water partition coefficient (Wildman–Crippen LogP) is 0.928. The van der Waals surface area contributed by atoms with Crippen LogP contribution in [-0.4, -0.2) is 35.6 Å². The summed E-state index contributed by atoms with van der Waals surface area (Å²) in [5, 5.41) is 3.68. The van der Waals surface area contributed by atoms with E-state index in [-0.39, 0.29) is 0 Å². The van der Waals surface area contributed by atoms with Gasteiger partial charge in [0.15, 0.2) is 0 Å². The Morgan fingerprint density at radius 2 is 2.29 bits per heavy atom. The van der Waals surface area contributed by atoms with Crippen LogP contribution in [0.25, 0.3) is 0 Å². The zero-order valence-electron chi connectivity index (χ0n) is 8.07. The fraction of sp³-hybridized carbons (Fsp3) is 0.556. The lowest BCUT2D eigenvalue weighted by atomic mass is 10.1. The van der Waals surface area contributed by atoms with E-state index in [9.17, 15) is 0 Å². The maximum absolute atomic E-state index is 5.68. The third-order valence-electron chi connectivity index (χ3n) is 2.44. The van der Waals surface area contributed by atoms with E-state index in [1.807, 2.05) is 0 Å². The van der Waals surface area contributed by atoms with Gasteiger partial charge in [0.2, 0.25) is 0 Å². The van der Waals surface area contributed by atoms with E-state index in [2.05, 4.69) is 27.1 Å². The standard InChI is InChI=1S/C9H13ClN4/c1-2-14(7-3-11-4-7)9-6-12-8(10)5-13-9/h5-7,11H,2-4H2,1H3. The maximum atomic E-state index is 5.68. The van der Waals surface area contributed by atoms with Crippen molar-refractivity contribution in [2.45, 2.75) is 13.0 Å². The van der Waals surface area contributed by atoms with Crippen molar-refractivity contribution in [2.75, 3.05) is 24.5 Å². The second-order valence-corrected chi connectivity index (χ2v) is 3.68. The molecule has 4 nitrogen and oxygen atoms in total. The molecule has 1 aliphatic rings. The molecule has 2 rings (SSSR count). The molecule has 1 saturated heterocycles. The van der Waals surface area contributed by atoms with Crippen molar-refractivity contribution in [3.8, 4) is 0 Å². The second-order valence-electron chi connectivity index (χ2n) is 3.30. The van der Waals surface area contributed by atoms with Crippen molar-refractivity contribution in [2.24, 2.45) is 0 Å². The number of halogens is 1. The Hall–Kier alpha value is -0.870. The fourth-order valence-electron chi connectivity index (χ4n) is 1.55.